The quantitative estimate of drug-likeness (QED) is 0.0655. The molecule has 15 nitrogen and oxygen atoms in total. The first-order chi connectivity index (χ1) is 23.7. The van der Waals surface area contributed by atoms with Gasteiger partial charge < -0.3 is 20.8 Å². The molecular formula is C33H24N6O9S2. The number of rotatable bonds is 8. The third-order valence-corrected chi connectivity index (χ3v) is 8.90. The number of anilines is 2. The van der Waals surface area contributed by atoms with Gasteiger partial charge in [-0.2, -0.15) is 32.2 Å². The first-order valence-electron chi connectivity index (χ1n) is 14.3. The van der Waals surface area contributed by atoms with Gasteiger partial charge in [0.05, 0.1) is 22.0 Å². The van der Waals surface area contributed by atoms with E-state index in [2.05, 4.69) is 31.1 Å². The molecule has 0 saturated carbocycles. The molecule has 17 heteroatoms. The Hall–Kier alpha value is -6.27. The summed E-state index contributed by atoms with van der Waals surface area (Å²) in [7, 11) is -9.52. The van der Waals surface area contributed by atoms with Gasteiger partial charge in [0.25, 0.3) is 20.2 Å². The Balaban J connectivity index is 1.23. The number of benzene rings is 6. The Morgan fingerprint density at radius 3 is 1.64 bits per heavy atom. The zero-order valence-electron chi connectivity index (χ0n) is 25.3. The van der Waals surface area contributed by atoms with Crippen LogP contribution < -0.4 is 10.6 Å². The van der Waals surface area contributed by atoms with Crippen molar-refractivity contribution in [1.82, 2.24) is 0 Å². The van der Waals surface area contributed by atoms with Gasteiger partial charge in [-0.25, -0.2) is 4.79 Å². The fraction of sp³-hybridized carbons (Fsp3) is 0. The number of phenols is 2. The van der Waals surface area contributed by atoms with Crippen molar-refractivity contribution in [2.45, 2.75) is 9.79 Å². The van der Waals surface area contributed by atoms with Crippen LogP contribution in [0.4, 0.5) is 38.9 Å². The normalized spacial score (nSPS) is 12.2. The van der Waals surface area contributed by atoms with Gasteiger partial charge in [0.1, 0.15) is 16.3 Å². The van der Waals surface area contributed by atoms with E-state index < -0.39 is 53.2 Å². The van der Waals surface area contributed by atoms with Crippen molar-refractivity contribution < 1.29 is 40.9 Å². The summed E-state index contributed by atoms with van der Waals surface area (Å²) in [5, 5.41) is 43.2. The van der Waals surface area contributed by atoms with Gasteiger partial charge in [0.15, 0.2) is 5.75 Å². The summed E-state index contributed by atoms with van der Waals surface area (Å²) in [6, 6.07) is 26.2. The number of phenolic OH excluding ortho intramolecular Hbond substituents is 2. The molecule has 6 rings (SSSR count). The minimum Gasteiger partial charge on any atom is -0.507 e. The number of carbonyl (C=O) groups excluding carboxylic acids is 1. The fourth-order valence-electron chi connectivity index (χ4n) is 4.87. The summed E-state index contributed by atoms with van der Waals surface area (Å²) >= 11 is 0. The molecule has 6 N–H and O–H groups in total. The predicted molar refractivity (Wildman–Crippen MR) is 185 cm³/mol. The molecule has 0 aliphatic carbocycles. The van der Waals surface area contributed by atoms with Crippen molar-refractivity contribution in [3.63, 3.8) is 0 Å². The lowest BCUT2D eigenvalue weighted by Crippen LogP contribution is -2.19. The Morgan fingerprint density at radius 2 is 1.08 bits per heavy atom. The monoisotopic (exact) mass is 712 g/mol. The van der Waals surface area contributed by atoms with Gasteiger partial charge in [-0.3, -0.25) is 9.11 Å². The summed E-state index contributed by atoms with van der Waals surface area (Å²) in [6.07, 6.45) is 0. The molecule has 0 heterocycles. The van der Waals surface area contributed by atoms with Crippen molar-refractivity contribution in [1.29, 1.82) is 0 Å². The molecule has 0 aliphatic heterocycles. The molecule has 6 aromatic rings. The van der Waals surface area contributed by atoms with Gasteiger partial charge in [0.2, 0.25) is 0 Å². The molecule has 0 aromatic heterocycles. The molecular weight excluding hydrogens is 689 g/mol. The van der Waals surface area contributed by atoms with E-state index in [1.165, 1.54) is 36.4 Å². The summed E-state index contributed by atoms with van der Waals surface area (Å²) in [5.41, 5.74) is 1.33. The second kappa shape index (κ2) is 13.3. The molecule has 0 bridgehead atoms. The van der Waals surface area contributed by atoms with E-state index in [9.17, 15) is 40.9 Å². The van der Waals surface area contributed by atoms with E-state index in [4.69, 9.17) is 0 Å². The lowest BCUT2D eigenvalue weighted by molar-refractivity contribution is 0.262. The molecule has 0 aliphatic rings. The average Bonchev–Trinajstić information content (AvgIpc) is 3.06. The van der Waals surface area contributed by atoms with Crippen molar-refractivity contribution in [3.8, 4) is 11.5 Å². The first-order valence-corrected chi connectivity index (χ1v) is 17.2. The highest BCUT2D eigenvalue weighted by atomic mass is 32.2. The second-order valence-electron chi connectivity index (χ2n) is 10.7. The smallest absolute Gasteiger partial charge is 0.323 e. The van der Waals surface area contributed by atoms with Crippen LogP contribution in [0, 0.1) is 0 Å². The molecule has 0 unspecified atom stereocenters. The standard InChI is InChI=1S/C33H24N6O9S2/c40-29-18-26(49(43,44)45)16-19-14-24(10-12-27(19)29)34-33(42)35-25-11-13-28-20(15-25)17-30(50(46,47)48)31(32(28)41)39-38-23-8-6-22(7-9-23)37-36-21-4-2-1-3-5-21/h1-18,40-41H,(H2,34,35,42)(H,43,44,45)(H,46,47,48). The number of nitrogens with one attached hydrogen (secondary N) is 2. The summed E-state index contributed by atoms with van der Waals surface area (Å²) in [6.45, 7) is 0. The van der Waals surface area contributed by atoms with Gasteiger partial charge in [0, 0.05) is 28.2 Å². The van der Waals surface area contributed by atoms with Crippen LogP contribution in [-0.4, -0.2) is 42.2 Å². The minimum atomic E-state index is -4.91. The number of hydrogen-bond acceptors (Lipinski definition) is 11. The maximum Gasteiger partial charge on any atom is 0.323 e. The van der Waals surface area contributed by atoms with Gasteiger partial charge in [-0.1, -0.05) is 18.2 Å². The van der Waals surface area contributed by atoms with Crippen LogP contribution in [0.1, 0.15) is 0 Å². The predicted octanol–water partition coefficient (Wildman–Crippen LogP) is 8.37. The van der Waals surface area contributed by atoms with Crippen LogP contribution in [0.25, 0.3) is 21.5 Å². The topological polar surface area (TPSA) is 240 Å². The zero-order chi connectivity index (χ0) is 35.6. The van der Waals surface area contributed by atoms with E-state index >= 15 is 0 Å². The Kier molecular flexibility index (Phi) is 8.96. The highest BCUT2D eigenvalue weighted by Gasteiger charge is 2.22. The van der Waals surface area contributed by atoms with Crippen LogP contribution >= 0.6 is 0 Å². The molecule has 0 spiro atoms. The van der Waals surface area contributed by atoms with Crippen LogP contribution in [0.3, 0.4) is 0 Å². The van der Waals surface area contributed by atoms with Crippen molar-refractivity contribution >= 4 is 81.9 Å². The molecule has 50 heavy (non-hydrogen) atoms. The highest BCUT2D eigenvalue weighted by molar-refractivity contribution is 7.86. The first kappa shape index (κ1) is 33.6. The summed E-state index contributed by atoms with van der Waals surface area (Å²) < 4.78 is 67.1. The number of urea groups is 1. The maximum atomic E-state index is 12.8. The highest BCUT2D eigenvalue weighted by Crippen LogP contribution is 2.42. The molecule has 0 atom stereocenters. The lowest BCUT2D eigenvalue weighted by Gasteiger charge is -2.12. The van der Waals surface area contributed by atoms with E-state index in [1.54, 1.807) is 36.4 Å². The Bertz CT molecular complexity index is 2580. The zero-order valence-corrected chi connectivity index (χ0v) is 27.0. The van der Waals surface area contributed by atoms with Crippen LogP contribution in [-0.2, 0) is 20.2 Å². The SMILES string of the molecule is O=C(Nc1ccc2c(O)cc(S(=O)(=O)O)cc2c1)Nc1ccc2c(O)c(N=Nc3ccc(N=Nc4ccccc4)cc3)c(S(=O)(=O)O)cc2c1. The number of carbonyl (C=O) groups is 1. The number of aromatic hydroxyl groups is 2. The number of amides is 2. The second-order valence-corrected chi connectivity index (χ2v) is 13.5. The van der Waals surface area contributed by atoms with E-state index in [0.29, 0.717) is 11.4 Å². The molecule has 0 fully saturated rings. The third-order valence-electron chi connectivity index (χ3n) is 7.20. The van der Waals surface area contributed by atoms with E-state index in [-0.39, 0.29) is 38.6 Å². The van der Waals surface area contributed by atoms with E-state index in [1.807, 2.05) is 18.2 Å². The van der Waals surface area contributed by atoms with Crippen LogP contribution in [0.2, 0.25) is 0 Å². The molecule has 2 amide bonds. The van der Waals surface area contributed by atoms with Crippen LogP contribution in [0.15, 0.2) is 139 Å². The molecule has 0 saturated heterocycles. The molecule has 0 radical (unpaired) electrons. The number of hydrogen-bond donors (Lipinski definition) is 6. The number of azo groups is 2. The molecule has 252 valence electrons. The lowest BCUT2D eigenvalue weighted by atomic mass is 10.1. The van der Waals surface area contributed by atoms with Gasteiger partial charge >= 0.3 is 6.03 Å². The molecule has 6 aromatic carbocycles. The fourth-order valence-corrected chi connectivity index (χ4v) is 6.06. The van der Waals surface area contributed by atoms with Crippen molar-refractivity contribution in [3.05, 3.63) is 109 Å². The average molecular weight is 713 g/mol. The Labute approximate surface area is 283 Å². The largest absolute Gasteiger partial charge is 0.507 e. The van der Waals surface area contributed by atoms with Gasteiger partial charge in [-0.05, 0) is 95.7 Å². The third kappa shape index (κ3) is 7.55. The van der Waals surface area contributed by atoms with Crippen LogP contribution in [0.5, 0.6) is 11.5 Å². The van der Waals surface area contributed by atoms with E-state index in [0.717, 1.165) is 18.2 Å². The minimum absolute atomic E-state index is 0.124. The number of fused-ring (bicyclic) bond motifs is 2. The Morgan fingerprint density at radius 1 is 0.560 bits per heavy atom. The summed E-state index contributed by atoms with van der Waals surface area (Å²) in [5.74, 6) is -0.983. The van der Waals surface area contributed by atoms with Crippen molar-refractivity contribution in [2.75, 3.05) is 10.6 Å². The maximum absolute atomic E-state index is 12.8. The van der Waals surface area contributed by atoms with Crippen molar-refractivity contribution in [2.24, 2.45) is 20.5 Å². The number of nitrogens with zero attached hydrogens (tertiary/aromatic N) is 4. The summed E-state index contributed by atoms with van der Waals surface area (Å²) in [4.78, 5) is 11.5. The van der Waals surface area contributed by atoms with Gasteiger partial charge in [-0.15, -0.1) is 5.11 Å².